The molecule has 84 valence electrons. The van der Waals surface area contributed by atoms with E-state index < -0.39 is 0 Å². The molecule has 1 aliphatic heterocycles. The van der Waals surface area contributed by atoms with Crippen molar-refractivity contribution in [2.24, 2.45) is 0 Å². The van der Waals surface area contributed by atoms with Crippen molar-refractivity contribution in [2.45, 2.75) is 33.1 Å². The van der Waals surface area contributed by atoms with Gasteiger partial charge in [-0.2, -0.15) is 0 Å². The van der Waals surface area contributed by atoms with Crippen molar-refractivity contribution < 1.29 is 0 Å². The summed E-state index contributed by atoms with van der Waals surface area (Å²) in [4.78, 5) is 2.34. The number of rotatable bonds is 6. The molecule has 0 saturated heterocycles. The highest BCUT2D eigenvalue weighted by Gasteiger charge is 2.09. The lowest BCUT2D eigenvalue weighted by atomic mass is 10.3. The lowest BCUT2D eigenvalue weighted by molar-refractivity contribution is 0.204. The first-order chi connectivity index (χ1) is 6.36. The van der Waals surface area contributed by atoms with Crippen LogP contribution in [0.15, 0.2) is 12.4 Å². The fourth-order valence-electron chi connectivity index (χ4n) is 1.33. The van der Waals surface area contributed by atoms with Gasteiger partial charge in [-0.3, -0.25) is 5.01 Å². The second-order valence-electron chi connectivity index (χ2n) is 3.48. The van der Waals surface area contributed by atoms with Crippen LogP contribution in [0.3, 0.4) is 0 Å². The Hall–Kier alpha value is -0.220. The van der Waals surface area contributed by atoms with Gasteiger partial charge in [0.25, 0.3) is 0 Å². The zero-order valence-electron chi connectivity index (χ0n) is 9.20. The van der Waals surface area contributed by atoms with Gasteiger partial charge >= 0.3 is 0 Å². The highest BCUT2D eigenvalue weighted by atomic mass is 79.9. The fourth-order valence-corrected chi connectivity index (χ4v) is 1.33. The van der Waals surface area contributed by atoms with Crippen molar-refractivity contribution in [3.8, 4) is 0 Å². The van der Waals surface area contributed by atoms with Gasteiger partial charge in [0.15, 0.2) is 0 Å². The van der Waals surface area contributed by atoms with Crippen LogP contribution in [0.25, 0.3) is 0 Å². The minimum Gasteiger partial charge on any atom is -0.357 e. The largest absolute Gasteiger partial charge is 0.357 e. The monoisotopic (exact) mass is 263 g/mol. The molecule has 3 nitrogen and oxygen atoms in total. The standard InChI is InChI=1S/C10H21N3.BrH/c1-3-5-7-12-8-9-13(10-12)11-6-4-2;/h8-9,11H,3-7,10H2,1-2H3;1H. The SMILES string of the molecule is Br.CCCCN1C=CN(NCCC)C1. The van der Waals surface area contributed by atoms with E-state index in [1.807, 2.05) is 0 Å². The molecule has 0 radical (unpaired) electrons. The zero-order valence-corrected chi connectivity index (χ0v) is 10.9. The smallest absolute Gasteiger partial charge is 0.104 e. The fraction of sp³-hybridized carbons (Fsp3) is 0.800. The predicted molar refractivity (Wildman–Crippen MR) is 66.1 cm³/mol. The number of nitrogens with one attached hydrogen (secondary N) is 1. The highest BCUT2D eigenvalue weighted by Crippen LogP contribution is 2.04. The lowest BCUT2D eigenvalue weighted by Gasteiger charge is -2.21. The first-order valence-electron chi connectivity index (χ1n) is 5.29. The number of halogens is 1. The van der Waals surface area contributed by atoms with E-state index in [1.165, 1.54) is 25.8 Å². The summed E-state index contributed by atoms with van der Waals surface area (Å²) in [6.45, 7) is 7.65. The van der Waals surface area contributed by atoms with Crippen LogP contribution in [0, 0.1) is 0 Å². The Bertz CT molecular complexity index is 145. The van der Waals surface area contributed by atoms with Gasteiger partial charge in [-0.1, -0.05) is 20.3 Å². The Kier molecular flexibility index (Phi) is 7.99. The van der Waals surface area contributed by atoms with E-state index in [0.717, 1.165) is 13.2 Å². The van der Waals surface area contributed by atoms with Crippen LogP contribution >= 0.6 is 17.0 Å². The number of unbranched alkanes of at least 4 members (excludes halogenated alkanes) is 1. The number of nitrogens with zero attached hydrogens (tertiary/aromatic N) is 2. The van der Waals surface area contributed by atoms with Gasteiger partial charge < -0.3 is 4.90 Å². The van der Waals surface area contributed by atoms with Crippen molar-refractivity contribution in [2.75, 3.05) is 19.8 Å². The molecule has 0 amide bonds. The molecular weight excluding hydrogens is 242 g/mol. The minimum atomic E-state index is 0. The first-order valence-corrected chi connectivity index (χ1v) is 5.29. The normalized spacial score (nSPS) is 14.7. The summed E-state index contributed by atoms with van der Waals surface area (Å²) in [5, 5.41) is 2.15. The summed E-state index contributed by atoms with van der Waals surface area (Å²) in [6, 6.07) is 0. The summed E-state index contributed by atoms with van der Waals surface area (Å²) in [5.41, 5.74) is 3.34. The maximum Gasteiger partial charge on any atom is 0.104 e. The third kappa shape index (κ3) is 4.86. The molecule has 0 aromatic carbocycles. The lowest BCUT2D eigenvalue weighted by Crippen LogP contribution is -2.36. The summed E-state index contributed by atoms with van der Waals surface area (Å²) < 4.78 is 0. The Morgan fingerprint density at radius 2 is 2.00 bits per heavy atom. The van der Waals surface area contributed by atoms with Crippen LogP contribution in [-0.4, -0.2) is 29.7 Å². The van der Waals surface area contributed by atoms with Gasteiger partial charge in [-0.15, -0.1) is 17.0 Å². The van der Waals surface area contributed by atoms with E-state index in [4.69, 9.17) is 0 Å². The van der Waals surface area contributed by atoms with Crippen LogP contribution in [0.4, 0.5) is 0 Å². The number of hydrazine groups is 1. The van der Waals surface area contributed by atoms with Gasteiger partial charge in [-0.25, -0.2) is 5.43 Å². The number of hydrogen-bond acceptors (Lipinski definition) is 3. The molecule has 0 aliphatic carbocycles. The summed E-state index contributed by atoms with van der Waals surface area (Å²) in [7, 11) is 0. The Morgan fingerprint density at radius 1 is 1.21 bits per heavy atom. The third-order valence-electron chi connectivity index (χ3n) is 2.16. The minimum absolute atomic E-state index is 0. The van der Waals surface area contributed by atoms with Crippen molar-refractivity contribution in [1.29, 1.82) is 0 Å². The van der Waals surface area contributed by atoms with E-state index in [-0.39, 0.29) is 17.0 Å². The van der Waals surface area contributed by atoms with E-state index in [0.29, 0.717) is 0 Å². The van der Waals surface area contributed by atoms with E-state index in [2.05, 4.69) is 41.6 Å². The van der Waals surface area contributed by atoms with Crippen LogP contribution in [0.5, 0.6) is 0 Å². The quantitative estimate of drug-likeness (QED) is 0.794. The summed E-state index contributed by atoms with van der Waals surface area (Å²) >= 11 is 0. The maximum absolute atomic E-state index is 3.34. The van der Waals surface area contributed by atoms with Gasteiger partial charge in [-0.05, 0) is 12.8 Å². The molecule has 0 aromatic heterocycles. The van der Waals surface area contributed by atoms with Crippen molar-refractivity contribution in [3.63, 3.8) is 0 Å². The summed E-state index contributed by atoms with van der Waals surface area (Å²) in [6.07, 6.45) is 8.02. The van der Waals surface area contributed by atoms with Gasteiger partial charge in [0.1, 0.15) is 6.67 Å². The topological polar surface area (TPSA) is 18.5 Å². The average molecular weight is 264 g/mol. The third-order valence-corrected chi connectivity index (χ3v) is 2.16. The molecule has 0 aromatic rings. The van der Waals surface area contributed by atoms with Crippen molar-refractivity contribution in [1.82, 2.24) is 15.3 Å². The first kappa shape index (κ1) is 13.8. The van der Waals surface area contributed by atoms with Crippen molar-refractivity contribution >= 4 is 17.0 Å². The van der Waals surface area contributed by atoms with E-state index in [9.17, 15) is 0 Å². The predicted octanol–water partition coefficient (Wildman–Crippen LogP) is 2.33. The summed E-state index contributed by atoms with van der Waals surface area (Å²) in [5.74, 6) is 0. The Labute approximate surface area is 97.9 Å². The number of hydrogen-bond donors (Lipinski definition) is 1. The van der Waals surface area contributed by atoms with Gasteiger partial charge in [0.05, 0.1) is 0 Å². The maximum atomic E-state index is 3.34. The molecule has 1 N–H and O–H groups in total. The molecule has 0 spiro atoms. The average Bonchev–Trinajstić information content (AvgIpc) is 2.59. The van der Waals surface area contributed by atoms with Crippen molar-refractivity contribution in [3.05, 3.63) is 12.4 Å². The molecule has 1 rings (SSSR count). The van der Waals surface area contributed by atoms with Crippen LogP contribution < -0.4 is 5.43 Å². The molecular formula is C10H22BrN3. The molecule has 0 fully saturated rings. The van der Waals surface area contributed by atoms with Crippen LogP contribution in [0.2, 0.25) is 0 Å². The van der Waals surface area contributed by atoms with Gasteiger partial charge in [0.2, 0.25) is 0 Å². The second-order valence-corrected chi connectivity index (χ2v) is 3.48. The molecule has 0 unspecified atom stereocenters. The molecule has 0 bridgehead atoms. The molecule has 4 heteroatoms. The highest BCUT2D eigenvalue weighted by molar-refractivity contribution is 8.93. The molecule has 1 heterocycles. The molecule has 0 saturated carbocycles. The Balaban J connectivity index is 0.00000169. The molecule has 14 heavy (non-hydrogen) atoms. The second kappa shape index (κ2) is 8.12. The van der Waals surface area contributed by atoms with E-state index in [1.54, 1.807) is 0 Å². The Morgan fingerprint density at radius 3 is 2.64 bits per heavy atom. The van der Waals surface area contributed by atoms with E-state index >= 15 is 0 Å². The molecule has 0 atom stereocenters. The molecule has 1 aliphatic rings. The zero-order chi connectivity index (χ0) is 9.52. The van der Waals surface area contributed by atoms with Gasteiger partial charge in [0, 0.05) is 25.5 Å². The van der Waals surface area contributed by atoms with Crippen LogP contribution in [0.1, 0.15) is 33.1 Å². The van der Waals surface area contributed by atoms with Crippen LogP contribution in [-0.2, 0) is 0 Å².